The van der Waals surface area contributed by atoms with Crippen LogP contribution in [0.3, 0.4) is 0 Å². The highest BCUT2D eigenvalue weighted by molar-refractivity contribution is 6.03. The van der Waals surface area contributed by atoms with Crippen LogP contribution in [0.2, 0.25) is 0 Å². The highest BCUT2D eigenvalue weighted by Crippen LogP contribution is 2.29. The molecule has 1 N–H and O–H groups in total. The van der Waals surface area contributed by atoms with Crippen LogP contribution in [0, 0.1) is 19.7 Å². The molecular formula is C21H22FN3O3. The molecule has 0 amide bonds. The van der Waals surface area contributed by atoms with Gasteiger partial charge in [0.25, 0.3) is 0 Å². The second kappa shape index (κ2) is 7.24. The third-order valence-corrected chi connectivity index (χ3v) is 5.34. The average molecular weight is 383 g/mol. The van der Waals surface area contributed by atoms with Gasteiger partial charge in [-0.2, -0.15) is 0 Å². The van der Waals surface area contributed by atoms with E-state index in [1.54, 1.807) is 19.1 Å². The Morgan fingerprint density at radius 1 is 1.25 bits per heavy atom. The van der Waals surface area contributed by atoms with Gasteiger partial charge in [0.05, 0.1) is 24.3 Å². The van der Waals surface area contributed by atoms with E-state index < -0.39 is 5.97 Å². The zero-order valence-electron chi connectivity index (χ0n) is 15.9. The summed E-state index contributed by atoms with van der Waals surface area (Å²) < 4.78 is 21.3. The lowest BCUT2D eigenvalue weighted by atomic mass is 10.1. The van der Waals surface area contributed by atoms with Crippen LogP contribution >= 0.6 is 0 Å². The van der Waals surface area contributed by atoms with Gasteiger partial charge in [-0.05, 0) is 43.2 Å². The van der Waals surface area contributed by atoms with Crippen molar-refractivity contribution in [3.05, 3.63) is 58.7 Å². The van der Waals surface area contributed by atoms with Crippen LogP contribution in [-0.2, 0) is 11.3 Å². The third kappa shape index (κ3) is 3.22. The van der Waals surface area contributed by atoms with Crippen molar-refractivity contribution in [1.29, 1.82) is 0 Å². The Balaban J connectivity index is 1.86. The zero-order chi connectivity index (χ0) is 19.8. The smallest absolute Gasteiger partial charge is 0.338 e. The van der Waals surface area contributed by atoms with Gasteiger partial charge >= 0.3 is 5.97 Å². The standard InChI is InChI=1S/C21H22FN3O3/c1-13-15(4-3-5-18(13)22)12-25-14(2)23-20-17(21(26)27)10-16(11-19(20)25)24-6-8-28-9-7-24/h3-5,10-11H,6-9,12H2,1-2H3,(H,26,27). The van der Waals surface area contributed by atoms with Crippen molar-refractivity contribution in [1.82, 2.24) is 9.55 Å². The summed E-state index contributed by atoms with van der Waals surface area (Å²) in [5, 5.41) is 9.73. The highest BCUT2D eigenvalue weighted by atomic mass is 19.1. The molecule has 6 nitrogen and oxygen atoms in total. The van der Waals surface area contributed by atoms with E-state index in [1.807, 2.05) is 23.6 Å². The van der Waals surface area contributed by atoms with Crippen LogP contribution in [0.4, 0.5) is 10.1 Å². The molecule has 0 aliphatic carbocycles. The molecule has 1 fully saturated rings. The van der Waals surface area contributed by atoms with Crippen LogP contribution in [-0.4, -0.2) is 46.9 Å². The van der Waals surface area contributed by atoms with Crippen molar-refractivity contribution < 1.29 is 19.0 Å². The molecule has 1 aliphatic rings. The van der Waals surface area contributed by atoms with E-state index in [-0.39, 0.29) is 11.4 Å². The number of carboxylic acid groups (broad SMARTS) is 1. The quantitative estimate of drug-likeness (QED) is 0.748. The molecule has 146 valence electrons. The van der Waals surface area contributed by atoms with Gasteiger partial charge < -0.3 is 19.3 Å². The fourth-order valence-corrected chi connectivity index (χ4v) is 3.68. The summed E-state index contributed by atoms with van der Waals surface area (Å²) in [5.41, 5.74) is 3.64. The SMILES string of the molecule is Cc1c(F)cccc1Cn1c(C)nc2c(C(=O)O)cc(N3CCOCC3)cc21. The average Bonchev–Trinajstić information content (AvgIpc) is 3.00. The van der Waals surface area contributed by atoms with Crippen LogP contribution in [0.15, 0.2) is 30.3 Å². The maximum Gasteiger partial charge on any atom is 0.338 e. The van der Waals surface area contributed by atoms with Crippen LogP contribution in [0.1, 0.15) is 27.3 Å². The number of nitrogens with zero attached hydrogens (tertiary/aromatic N) is 3. The first kappa shape index (κ1) is 18.4. The topological polar surface area (TPSA) is 67.6 Å². The van der Waals surface area contributed by atoms with Gasteiger partial charge in [0, 0.05) is 25.3 Å². The monoisotopic (exact) mass is 383 g/mol. The molecule has 0 atom stereocenters. The number of rotatable bonds is 4. The van der Waals surface area contributed by atoms with Gasteiger partial charge in [0.1, 0.15) is 17.2 Å². The predicted molar refractivity (Wildman–Crippen MR) is 105 cm³/mol. The minimum Gasteiger partial charge on any atom is -0.478 e. The van der Waals surface area contributed by atoms with Crippen LogP contribution in [0.25, 0.3) is 11.0 Å². The van der Waals surface area contributed by atoms with Crippen molar-refractivity contribution in [2.24, 2.45) is 0 Å². The van der Waals surface area contributed by atoms with E-state index in [1.165, 1.54) is 6.07 Å². The summed E-state index contributed by atoms with van der Waals surface area (Å²) in [7, 11) is 0. The van der Waals surface area contributed by atoms with Crippen LogP contribution in [0.5, 0.6) is 0 Å². The summed E-state index contributed by atoms with van der Waals surface area (Å²) in [6.45, 7) is 6.66. The second-order valence-corrected chi connectivity index (χ2v) is 7.03. The molecule has 2 aromatic carbocycles. The van der Waals surface area contributed by atoms with Crippen molar-refractivity contribution in [2.75, 3.05) is 31.2 Å². The minimum absolute atomic E-state index is 0.178. The summed E-state index contributed by atoms with van der Waals surface area (Å²) in [6.07, 6.45) is 0. The van der Waals surface area contributed by atoms with Crippen molar-refractivity contribution in [3.8, 4) is 0 Å². The van der Waals surface area contributed by atoms with E-state index in [2.05, 4.69) is 9.88 Å². The lowest BCUT2D eigenvalue weighted by Crippen LogP contribution is -2.36. The number of ether oxygens (including phenoxy) is 1. The summed E-state index contributed by atoms with van der Waals surface area (Å²) in [6, 6.07) is 8.67. The number of carbonyl (C=O) groups is 1. The van der Waals surface area contributed by atoms with Crippen molar-refractivity contribution >= 4 is 22.7 Å². The Hall–Kier alpha value is -2.93. The Bertz CT molecular complexity index is 1050. The number of benzene rings is 2. The second-order valence-electron chi connectivity index (χ2n) is 7.03. The maximum absolute atomic E-state index is 14.0. The highest BCUT2D eigenvalue weighted by Gasteiger charge is 2.21. The van der Waals surface area contributed by atoms with Crippen LogP contribution < -0.4 is 4.90 Å². The Kier molecular flexibility index (Phi) is 4.77. The molecule has 0 bridgehead atoms. The summed E-state index contributed by atoms with van der Waals surface area (Å²) >= 11 is 0. The number of aromatic nitrogens is 2. The molecule has 0 radical (unpaired) electrons. The zero-order valence-corrected chi connectivity index (χ0v) is 15.9. The molecule has 1 aliphatic heterocycles. The van der Waals surface area contributed by atoms with Gasteiger partial charge in [-0.25, -0.2) is 14.2 Å². The van der Waals surface area contributed by atoms with Gasteiger partial charge in [0.2, 0.25) is 0 Å². The molecule has 2 heterocycles. The van der Waals surface area contributed by atoms with E-state index in [0.717, 1.165) is 16.8 Å². The molecule has 1 aromatic heterocycles. The first-order valence-corrected chi connectivity index (χ1v) is 9.26. The molecule has 0 saturated carbocycles. The Morgan fingerprint density at radius 2 is 2.00 bits per heavy atom. The number of aromatic carboxylic acids is 1. The maximum atomic E-state index is 14.0. The molecule has 0 unspecified atom stereocenters. The van der Waals surface area contributed by atoms with E-state index in [0.29, 0.717) is 49.8 Å². The molecular weight excluding hydrogens is 361 g/mol. The lowest BCUT2D eigenvalue weighted by molar-refractivity contribution is 0.0699. The number of morpholine rings is 1. The number of halogens is 1. The largest absolute Gasteiger partial charge is 0.478 e. The number of anilines is 1. The Morgan fingerprint density at radius 3 is 2.71 bits per heavy atom. The number of imidazole rings is 1. The minimum atomic E-state index is -1.01. The Labute approximate surface area is 162 Å². The number of fused-ring (bicyclic) bond motifs is 1. The molecule has 28 heavy (non-hydrogen) atoms. The summed E-state index contributed by atoms with van der Waals surface area (Å²) in [5.74, 6) is -0.563. The number of aryl methyl sites for hydroxylation is 1. The van der Waals surface area contributed by atoms with E-state index in [9.17, 15) is 14.3 Å². The van der Waals surface area contributed by atoms with Crippen molar-refractivity contribution in [3.63, 3.8) is 0 Å². The molecule has 4 rings (SSSR count). The van der Waals surface area contributed by atoms with Gasteiger partial charge in [-0.15, -0.1) is 0 Å². The first-order valence-electron chi connectivity index (χ1n) is 9.26. The molecule has 7 heteroatoms. The van der Waals surface area contributed by atoms with Crippen molar-refractivity contribution in [2.45, 2.75) is 20.4 Å². The normalized spacial score (nSPS) is 14.6. The number of carboxylic acids is 1. The fourth-order valence-electron chi connectivity index (χ4n) is 3.68. The molecule has 0 spiro atoms. The number of hydrogen-bond acceptors (Lipinski definition) is 4. The van der Waals surface area contributed by atoms with Gasteiger partial charge in [-0.1, -0.05) is 12.1 Å². The third-order valence-electron chi connectivity index (χ3n) is 5.34. The lowest BCUT2D eigenvalue weighted by Gasteiger charge is -2.29. The first-order chi connectivity index (χ1) is 13.5. The molecule has 3 aromatic rings. The van der Waals surface area contributed by atoms with Gasteiger partial charge in [0.15, 0.2) is 0 Å². The van der Waals surface area contributed by atoms with E-state index >= 15 is 0 Å². The predicted octanol–water partition coefficient (Wildman–Crippen LogP) is 3.38. The van der Waals surface area contributed by atoms with Gasteiger partial charge in [-0.3, -0.25) is 0 Å². The fraction of sp³-hybridized carbons (Fsp3) is 0.333. The van der Waals surface area contributed by atoms with E-state index in [4.69, 9.17) is 4.74 Å². The number of hydrogen-bond donors (Lipinski definition) is 1. The molecule has 1 saturated heterocycles. The summed E-state index contributed by atoms with van der Waals surface area (Å²) in [4.78, 5) is 18.5.